The summed E-state index contributed by atoms with van der Waals surface area (Å²) in [6.07, 6.45) is 1.23. The predicted molar refractivity (Wildman–Crippen MR) is 95.4 cm³/mol. The maximum absolute atomic E-state index is 12.5. The molecule has 3 rings (SSSR count). The number of hydrogen-bond donors (Lipinski definition) is 1. The molecule has 0 unspecified atom stereocenters. The van der Waals surface area contributed by atoms with Crippen LogP contribution in [0.5, 0.6) is 0 Å². The van der Waals surface area contributed by atoms with E-state index in [9.17, 15) is 9.59 Å². The zero-order valence-corrected chi connectivity index (χ0v) is 15.0. The molecule has 1 aliphatic rings. The Morgan fingerprint density at radius 3 is 3.08 bits per heavy atom. The van der Waals surface area contributed by atoms with Gasteiger partial charge in [-0.1, -0.05) is 6.07 Å². The molecule has 0 aliphatic carbocycles. The van der Waals surface area contributed by atoms with Gasteiger partial charge >= 0.3 is 6.09 Å². The van der Waals surface area contributed by atoms with Crippen molar-refractivity contribution in [1.29, 1.82) is 0 Å². The molecule has 2 aromatic heterocycles. The van der Waals surface area contributed by atoms with Gasteiger partial charge in [-0.15, -0.1) is 22.7 Å². The molecule has 0 spiro atoms. The van der Waals surface area contributed by atoms with Gasteiger partial charge in [0, 0.05) is 18.5 Å². The summed E-state index contributed by atoms with van der Waals surface area (Å²) >= 11 is 3.03. The van der Waals surface area contributed by atoms with E-state index in [0.29, 0.717) is 24.8 Å². The van der Waals surface area contributed by atoms with E-state index >= 15 is 0 Å². The molecule has 128 valence electrons. The third kappa shape index (κ3) is 3.93. The Balaban J connectivity index is 1.59. The monoisotopic (exact) mass is 365 g/mol. The summed E-state index contributed by atoms with van der Waals surface area (Å²) in [7, 11) is 0. The smallest absolute Gasteiger partial charge is 0.409 e. The molecular weight excluding hydrogens is 346 g/mol. The number of ether oxygens (including phenoxy) is 1. The number of likely N-dealkylation sites (tertiary alicyclic amines) is 1. The van der Waals surface area contributed by atoms with E-state index in [0.717, 1.165) is 23.4 Å². The number of amides is 2. The van der Waals surface area contributed by atoms with Gasteiger partial charge in [-0.2, -0.15) is 0 Å². The minimum absolute atomic E-state index is 0.0870. The first-order chi connectivity index (χ1) is 11.7. The summed E-state index contributed by atoms with van der Waals surface area (Å²) < 4.78 is 5.02. The molecule has 6 nitrogen and oxygen atoms in total. The second kappa shape index (κ2) is 7.76. The van der Waals surface area contributed by atoms with E-state index in [2.05, 4.69) is 10.3 Å². The Hall–Kier alpha value is -1.93. The molecule has 1 fully saturated rings. The highest BCUT2D eigenvalue weighted by atomic mass is 32.1. The lowest BCUT2D eigenvalue weighted by Crippen LogP contribution is -2.44. The second-order valence-corrected chi connectivity index (χ2v) is 7.29. The maximum atomic E-state index is 12.5. The standard InChI is InChI=1S/C16H19N3O3S2/c1-2-22-16(21)19-7-3-5-11(9-19)14(20)18-15-17-12(10-24-15)13-6-4-8-23-13/h4,6,8,10-11H,2-3,5,7,9H2,1H3,(H,17,18,20)/t11-/m0/s1. The predicted octanol–water partition coefficient (Wildman–Crippen LogP) is 3.68. The summed E-state index contributed by atoms with van der Waals surface area (Å²) in [6, 6.07) is 3.98. The Kier molecular flexibility index (Phi) is 5.47. The average Bonchev–Trinajstić information content (AvgIpc) is 3.26. The topological polar surface area (TPSA) is 71.5 Å². The van der Waals surface area contributed by atoms with E-state index < -0.39 is 0 Å². The number of nitrogens with zero attached hydrogens (tertiary/aromatic N) is 2. The summed E-state index contributed by atoms with van der Waals surface area (Å²) in [6.45, 7) is 3.16. The lowest BCUT2D eigenvalue weighted by atomic mass is 9.97. The SMILES string of the molecule is CCOC(=O)N1CCC[C@H](C(=O)Nc2nc(-c3cccs3)cs2)C1. The third-order valence-corrected chi connectivity index (χ3v) is 5.48. The molecule has 24 heavy (non-hydrogen) atoms. The molecule has 1 atom stereocenters. The first-order valence-electron chi connectivity index (χ1n) is 7.89. The molecule has 2 amide bonds. The first kappa shape index (κ1) is 16.9. The van der Waals surface area contributed by atoms with Crippen LogP contribution in [0, 0.1) is 5.92 Å². The van der Waals surface area contributed by atoms with Crippen LogP contribution in [0.1, 0.15) is 19.8 Å². The minimum atomic E-state index is -0.343. The number of rotatable bonds is 4. The largest absolute Gasteiger partial charge is 0.450 e. The van der Waals surface area contributed by atoms with Gasteiger partial charge in [-0.3, -0.25) is 4.79 Å². The highest BCUT2D eigenvalue weighted by molar-refractivity contribution is 7.16. The summed E-state index contributed by atoms with van der Waals surface area (Å²) in [5, 5.41) is 7.41. The highest BCUT2D eigenvalue weighted by Gasteiger charge is 2.29. The lowest BCUT2D eigenvalue weighted by molar-refractivity contribution is -0.121. The minimum Gasteiger partial charge on any atom is -0.450 e. The van der Waals surface area contributed by atoms with Gasteiger partial charge in [0.1, 0.15) is 0 Å². The number of nitrogens with one attached hydrogen (secondary N) is 1. The average molecular weight is 365 g/mol. The van der Waals surface area contributed by atoms with E-state index in [1.807, 2.05) is 22.9 Å². The highest BCUT2D eigenvalue weighted by Crippen LogP contribution is 2.29. The van der Waals surface area contributed by atoms with Gasteiger partial charge in [0.05, 0.1) is 23.1 Å². The van der Waals surface area contributed by atoms with Gasteiger partial charge in [0.15, 0.2) is 5.13 Å². The fourth-order valence-corrected chi connectivity index (χ4v) is 4.12. The van der Waals surface area contributed by atoms with Crippen LogP contribution in [0.4, 0.5) is 9.93 Å². The Labute approximate surface area is 148 Å². The van der Waals surface area contributed by atoms with Gasteiger partial charge in [-0.05, 0) is 31.2 Å². The maximum Gasteiger partial charge on any atom is 0.409 e. The summed E-state index contributed by atoms with van der Waals surface area (Å²) in [4.78, 5) is 31.4. The van der Waals surface area contributed by atoms with Crippen molar-refractivity contribution in [2.75, 3.05) is 25.0 Å². The second-order valence-electron chi connectivity index (χ2n) is 5.49. The van der Waals surface area contributed by atoms with E-state index in [1.54, 1.807) is 23.2 Å². The van der Waals surface area contributed by atoms with Crippen molar-refractivity contribution in [1.82, 2.24) is 9.88 Å². The van der Waals surface area contributed by atoms with Crippen molar-refractivity contribution >= 4 is 39.8 Å². The van der Waals surface area contributed by atoms with E-state index in [4.69, 9.17) is 4.74 Å². The molecule has 1 aliphatic heterocycles. The van der Waals surface area contributed by atoms with Crippen molar-refractivity contribution in [3.8, 4) is 10.6 Å². The molecule has 0 aromatic carbocycles. The van der Waals surface area contributed by atoms with E-state index in [1.165, 1.54) is 11.3 Å². The van der Waals surface area contributed by atoms with Crippen molar-refractivity contribution in [3.05, 3.63) is 22.9 Å². The van der Waals surface area contributed by atoms with Crippen LogP contribution < -0.4 is 5.32 Å². The third-order valence-electron chi connectivity index (χ3n) is 3.83. The van der Waals surface area contributed by atoms with Gasteiger partial charge in [0.2, 0.25) is 5.91 Å². The molecule has 0 radical (unpaired) electrons. The van der Waals surface area contributed by atoms with Crippen molar-refractivity contribution in [2.45, 2.75) is 19.8 Å². The number of hydrogen-bond acceptors (Lipinski definition) is 6. The molecule has 8 heteroatoms. The van der Waals surface area contributed by atoms with Crippen LogP contribution >= 0.6 is 22.7 Å². The summed E-state index contributed by atoms with van der Waals surface area (Å²) in [5.41, 5.74) is 0.877. The number of thiazole rings is 1. The van der Waals surface area contributed by atoms with Gasteiger partial charge in [-0.25, -0.2) is 9.78 Å². The number of anilines is 1. The van der Waals surface area contributed by atoms with Crippen LogP contribution in [0.25, 0.3) is 10.6 Å². The van der Waals surface area contributed by atoms with Crippen LogP contribution in [-0.4, -0.2) is 41.6 Å². The van der Waals surface area contributed by atoms with Crippen LogP contribution in [0.15, 0.2) is 22.9 Å². The Morgan fingerprint density at radius 1 is 1.46 bits per heavy atom. The van der Waals surface area contributed by atoms with E-state index in [-0.39, 0.29) is 17.9 Å². The van der Waals surface area contributed by atoms with Crippen LogP contribution in [0.3, 0.4) is 0 Å². The number of thiophene rings is 1. The lowest BCUT2D eigenvalue weighted by Gasteiger charge is -2.30. The number of carbonyl (C=O) groups is 2. The number of carbonyl (C=O) groups excluding carboxylic acids is 2. The molecule has 3 heterocycles. The molecule has 0 saturated carbocycles. The van der Waals surface area contributed by atoms with Gasteiger partial charge < -0.3 is 15.0 Å². The Bertz CT molecular complexity index is 699. The zero-order chi connectivity index (χ0) is 16.9. The molecule has 1 N–H and O–H groups in total. The van der Waals surface area contributed by atoms with Crippen molar-refractivity contribution in [3.63, 3.8) is 0 Å². The normalized spacial score (nSPS) is 17.5. The molecule has 2 aromatic rings. The van der Waals surface area contributed by atoms with Gasteiger partial charge in [0.25, 0.3) is 0 Å². The fourth-order valence-electron chi connectivity index (χ4n) is 2.65. The quantitative estimate of drug-likeness (QED) is 0.897. The zero-order valence-electron chi connectivity index (χ0n) is 13.4. The van der Waals surface area contributed by atoms with Crippen molar-refractivity contribution < 1.29 is 14.3 Å². The first-order valence-corrected chi connectivity index (χ1v) is 9.65. The number of aromatic nitrogens is 1. The van der Waals surface area contributed by atoms with Crippen LogP contribution in [-0.2, 0) is 9.53 Å². The molecule has 0 bridgehead atoms. The molecule has 1 saturated heterocycles. The summed E-state index contributed by atoms with van der Waals surface area (Å²) in [5.74, 6) is -0.312. The fraction of sp³-hybridized carbons (Fsp3) is 0.438. The Morgan fingerprint density at radius 2 is 2.33 bits per heavy atom. The number of piperidine rings is 1. The van der Waals surface area contributed by atoms with Crippen LogP contribution in [0.2, 0.25) is 0 Å². The molecular formula is C16H19N3O3S2. The van der Waals surface area contributed by atoms with Crippen molar-refractivity contribution in [2.24, 2.45) is 5.92 Å².